The zero-order valence-electron chi connectivity index (χ0n) is 14.0. The van der Waals surface area contributed by atoms with E-state index in [-0.39, 0.29) is 0 Å². The van der Waals surface area contributed by atoms with Gasteiger partial charge in [0.2, 0.25) is 0 Å². The van der Waals surface area contributed by atoms with Gasteiger partial charge in [0.25, 0.3) is 0 Å². The summed E-state index contributed by atoms with van der Waals surface area (Å²) in [5.41, 5.74) is 1.08. The summed E-state index contributed by atoms with van der Waals surface area (Å²) in [5, 5.41) is 8.09. The molecule has 1 aromatic rings. The molecule has 0 radical (unpaired) electrons. The average molecular weight is 303 g/mol. The second kappa shape index (κ2) is 8.61. The lowest BCUT2D eigenvalue weighted by atomic mass is 10.3. The van der Waals surface area contributed by atoms with Crippen molar-refractivity contribution in [1.29, 1.82) is 0 Å². The Bertz CT molecular complexity index is 485. The summed E-state index contributed by atoms with van der Waals surface area (Å²) >= 11 is 0. The fraction of sp³-hybridized carbons (Fsp3) is 0.647. The standard InChI is InChI=1S/C17H29N5/c1-4-5-8-12-21(3)17(18-2)19-14-15-11-13-22(20-15)16-9-6-7-10-16/h4,11,13,16H,1,5-10,12,14H2,2-3H3,(H,18,19). The molecule has 1 N–H and O–H groups in total. The van der Waals surface area contributed by atoms with Crippen molar-refractivity contribution in [3.8, 4) is 0 Å². The van der Waals surface area contributed by atoms with E-state index < -0.39 is 0 Å². The molecule has 5 heteroatoms. The van der Waals surface area contributed by atoms with Gasteiger partial charge in [0.15, 0.2) is 5.96 Å². The van der Waals surface area contributed by atoms with Gasteiger partial charge < -0.3 is 10.2 Å². The molecule has 0 aromatic carbocycles. The SMILES string of the molecule is C=CCCCN(C)C(=NC)NCc1ccn(C2CCCC2)n1. The number of allylic oxidation sites excluding steroid dienone is 1. The molecule has 0 aliphatic heterocycles. The van der Waals surface area contributed by atoms with E-state index in [2.05, 4.69) is 45.8 Å². The van der Waals surface area contributed by atoms with Gasteiger partial charge in [-0.05, 0) is 31.7 Å². The predicted molar refractivity (Wildman–Crippen MR) is 92.0 cm³/mol. The van der Waals surface area contributed by atoms with Crippen molar-refractivity contribution in [3.63, 3.8) is 0 Å². The van der Waals surface area contributed by atoms with Crippen molar-refractivity contribution in [3.05, 3.63) is 30.6 Å². The number of nitrogens with zero attached hydrogens (tertiary/aromatic N) is 4. The highest BCUT2D eigenvalue weighted by atomic mass is 15.3. The molecule has 0 bridgehead atoms. The molecule has 0 spiro atoms. The molecule has 122 valence electrons. The number of nitrogens with one attached hydrogen (secondary N) is 1. The second-order valence-electron chi connectivity index (χ2n) is 5.98. The number of hydrogen-bond acceptors (Lipinski definition) is 2. The third-order valence-corrected chi connectivity index (χ3v) is 4.27. The van der Waals surface area contributed by atoms with Gasteiger partial charge in [-0.3, -0.25) is 9.67 Å². The number of aliphatic imine (C=N–C) groups is 1. The summed E-state index contributed by atoms with van der Waals surface area (Å²) < 4.78 is 2.14. The first-order valence-electron chi connectivity index (χ1n) is 8.31. The monoisotopic (exact) mass is 303 g/mol. The topological polar surface area (TPSA) is 45.5 Å². The molecule has 2 rings (SSSR count). The highest BCUT2D eigenvalue weighted by molar-refractivity contribution is 5.79. The lowest BCUT2D eigenvalue weighted by Gasteiger charge is -2.21. The third kappa shape index (κ3) is 4.61. The van der Waals surface area contributed by atoms with Gasteiger partial charge in [-0.2, -0.15) is 5.10 Å². The lowest BCUT2D eigenvalue weighted by molar-refractivity contribution is 0.457. The van der Waals surface area contributed by atoms with E-state index in [1.807, 2.05) is 13.1 Å². The van der Waals surface area contributed by atoms with Crippen LogP contribution in [0.2, 0.25) is 0 Å². The maximum atomic E-state index is 4.70. The Labute approximate surface area is 134 Å². The van der Waals surface area contributed by atoms with Crippen LogP contribution in [0.5, 0.6) is 0 Å². The molecule has 1 aromatic heterocycles. The van der Waals surface area contributed by atoms with Gasteiger partial charge in [-0.25, -0.2) is 0 Å². The molecule has 5 nitrogen and oxygen atoms in total. The van der Waals surface area contributed by atoms with Crippen molar-refractivity contribution in [2.75, 3.05) is 20.6 Å². The van der Waals surface area contributed by atoms with Crippen LogP contribution in [0.1, 0.15) is 50.3 Å². The molecule has 1 heterocycles. The zero-order chi connectivity index (χ0) is 15.8. The van der Waals surface area contributed by atoms with Crippen molar-refractivity contribution >= 4 is 5.96 Å². The summed E-state index contributed by atoms with van der Waals surface area (Å²) in [4.78, 5) is 6.49. The van der Waals surface area contributed by atoms with Crippen LogP contribution >= 0.6 is 0 Å². The van der Waals surface area contributed by atoms with Crippen molar-refractivity contribution in [2.24, 2.45) is 4.99 Å². The van der Waals surface area contributed by atoms with Crippen molar-refractivity contribution in [2.45, 2.75) is 51.1 Å². The second-order valence-corrected chi connectivity index (χ2v) is 5.98. The highest BCUT2D eigenvalue weighted by Gasteiger charge is 2.17. The van der Waals surface area contributed by atoms with E-state index in [0.29, 0.717) is 6.04 Å². The maximum absolute atomic E-state index is 4.70. The number of hydrogen-bond donors (Lipinski definition) is 1. The zero-order valence-corrected chi connectivity index (χ0v) is 14.0. The van der Waals surface area contributed by atoms with E-state index in [1.165, 1.54) is 25.7 Å². The number of aromatic nitrogens is 2. The normalized spacial score (nSPS) is 16.0. The average Bonchev–Trinajstić information content (AvgIpc) is 3.19. The summed E-state index contributed by atoms with van der Waals surface area (Å²) in [6, 6.07) is 2.71. The first kappa shape index (κ1) is 16.6. The fourth-order valence-electron chi connectivity index (χ4n) is 2.98. The van der Waals surface area contributed by atoms with E-state index >= 15 is 0 Å². The van der Waals surface area contributed by atoms with Gasteiger partial charge in [0.05, 0.1) is 18.3 Å². The first-order valence-corrected chi connectivity index (χ1v) is 8.31. The van der Waals surface area contributed by atoms with Gasteiger partial charge in [-0.1, -0.05) is 18.9 Å². The molecule has 0 unspecified atom stereocenters. The third-order valence-electron chi connectivity index (χ3n) is 4.27. The van der Waals surface area contributed by atoms with E-state index in [4.69, 9.17) is 5.10 Å². The smallest absolute Gasteiger partial charge is 0.193 e. The fourth-order valence-corrected chi connectivity index (χ4v) is 2.98. The Morgan fingerprint density at radius 1 is 1.55 bits per heavy atom. The van der Waals surface area contributed by atoms with Crippen LogP contribution in [-0.4, -0.2) is 41.3 Å². The summed E-state index contributed by atoms with van der Waals surface area (Å²) in [5.74, 6) is 0.916. The van der Waals surface area contributed by atoms with Crippen LogP contribution in [0.3, 0.4) is 0 Å². The molecule has 1 aliphatic rings. The molecule has 0 saturated heterocycles. The quantitative estimate of drug-likeness (QED) is 0.364. The molecular formula is C17H29N5. The Morgan fingerprint density at radius 3 is 3.00 bits per heavy atom. The molecule has 1 saturated carbocycles. The minimum Gasteiger partial charge on any atom is -0.351 e. The minimum atomic E-state index is 0.606. The Kier molecular flexibility index (Phi) is 6.49. The Morgan fingerprint density at radius 2 is 2.32 bits per heavy atom. The van der Waals surface area contributed by atoms with E-state index in [9.17, 15) is 0 Å². The predicted octanol–water partition coefficient (Wildman–Crippen LogP) is 2.97. The number of unbranched alkanes of at least 4 members (excludes halogenated alkanes) is 1. The molecule has 0 atom stereocenters. The summed E-state index contributed by atoms with van der Waals surface area (Å²) in [6.07, 6.45) is 11.4. The van der Waals surface area contributed by atoms with Crippen LogP contribution in [0.25, 0.3) is 0 Å². The Balaban J connectivity index is 1.81. The molecule has 1 fully saturated rings. The van der Waals surface area contributed by atoms with Crippen molar-refractivity contribution in [1.82, 2.24) is 20.0 Å². The van der Waals surface area contributed by atoms with Crippen LogP contribution in [0.4, 0.5) is 0 Å². The molecular weight excluding hydrogens is 274 g/mol. The molecule has 22 heavy (non-hydrogen) atoms. The number of guanidine groups is 1. The summed E-state index contributed by atoms with van der Waals surface area (Å²) in [6.45, 7) is 5.45. The van der Waals surface area contributed by atoms with Crippen molar-refractivity contribution < 1.29 is 0 Å². The molecule has 1 aliphatic carbocycles. The van der Waals surface area contributed by atoms with Gasteiger partial charge in [0.1, 0.15) is 0 Å². The van der Waals surface area contributed by atoms with Crippen LogP contribution < -0.4 is 5.32 Å². The Hall–Kier alpha value is -1.78. The largest absolute Gasteiger partial charge is 0.351 e. The summed E-state index contributed by atoms with van der Waals surface area (Å²) in [7, 11) is 3.89. The van der Waals surface area contributed by atoms with Gasteiger partial charge in [0, 0.05) is 26.8 Å². The molecule has 0 amide bonds. The number of rotatable bonds is 7. The van der Waals surface area contributed by atoms with Crippen LogP contribution in [0.15, 0.2) is 29.9 Å². The van der Waals surface area contributed by atoms with Crippen LogP contribution in [0, 0.1) is 0 Å². The minimum absolute atomic E-state index is 0.606. The first-order chi connectivity index (χ1) is 10.7. The van der Waals surface area contributed by atoms with E-state index in [1.54, 1.807) is 0 Å². The van der Waals surface area contributed by atoms with Crippen LogP contribution in [-0.2, 0) is 6.54 Å². The van der Waals surface area contributed by atoms with E-state index in [0.717, 1.165) is 37.6 Å². The van der Waals surface area contributed by atoms with Gasteiger partial charge in [-0.15, -0.1) is 6.58 Å². The highest BCUT2D eigenvalue weighted by Crippen LogP contribution is 2.28. The lowest BCUT2D eigenvalue weighted by Crippen LogP contribution is -2.39. The van der Waals surface area contributed by atoms with Gasteiger partial charge >= 0.3 is 0 Å². The maximum Gasteiger partial charge on any atom is 0.193 e.